The zero-order chi connectivity index (χ0) is 27.0. The number of halogens is 1. The Bertz CT molecular complexity index is 1260. The van der Waals surface area contributed by atoms with E-state index in [0.29, 0.717) is 25.1 Å². The molecule has 2 saturated heterocycles. The monoisotopic (exact) mass is 543 g/mol. The molecule has 1 aromatic carbocycles. The van der Waals surface area contributed by atoms with Gasteiger partial charge in [0, 0.05) is 11.8 Å². The number of carbonyl (C=O) groups is 4. The summed E-state index contributed by atoms with van der Waals surface area (Å²) in [5, 5.41) is 6.33. The third-order valence-corrected chi connectivity index (χ3v) is 8.89. The number of thioether (sulfide) groups is 1. The number of anilines is 1. The van der Waals surface area contributed by atoms with Crippen molar-refractivity contribution < 1.29 is 32.7 Å². The van der Waals surface area contributed by atoms with Gasteiger partial charge in [0.25, 0.3) is 5.91 Å². The zero-order valence-electron chi connectivity index (χ0n) is 21.2. The highest BCUT2D eigenvalue weighted by atomic mass is 32.2. The summed E-state index contributed by atoms with van der Waals surface area (Å²) in [6, 6.07) is 5.06. The molecule has 3 aliphatic rings. The number of methoxy groups -OCH3 is 1. The third-order valence-electron chi connectivity index (χ3n) is 7.43. The largest absolute Gasteiger partial charge is 0.467 e. The Morgan fingerprint density at radius 2 is 1.92 bits per heavy atom. The molecule has 2 aromatic rings. The smallest absolute Gasteiger partial charge is 0.328 e. The molecular formula is C27H30FN3O6S. The molecule has 0 spiro atoms. The van der Waals surface area contributed by atoms with Crippen molar-refractivity contribution in [2.45, 2.75) is 62.0 Å². The van der Waals surface area contributed by atoms with E-state index in [4.69, 9.17) is 9.15 Å². The summed E-state index contributed by atoms with van der Waals surface area (Å²) in [7, 11) is 1.25. The van der Waals surface area contributed by atoms with Gasteiger partial charge < -0.3 is 19.4 Å². The van der Waals surface area contributed by atoms with Crippen molar-refractivity contribution in [2.75, 3.05) is 24.7 Å². The zero-order valence-corrected chi connectivity index (χ0v) is 22.0. The lowest BCUT2D eigenvalue weighted by Crippen LogP contribution is -2.68. The predicted molar refractivity (Wildman–Crippen MR) is 138 cm³/mol. The van der Waals surface area contributed by atoms with Crippen molar-refractivity contribution in [3.05, 3.63) is 53.2 Å². The van der Waals surface area contributed by atoms with E-state index in [1.165, 1.54) is 30.2 Å². The number of likely N-dealkylation sites (tertiary alicyclic amines) is 1. The van der Waals surface area contributed by atoms with E-state index in [2.05, 4.69) is 10.6 Å². The molecule has 3 fully saturated rings. The lowest BCUT2D eigenvalue weighted by atomic mass is 9.81. The number of ether oxygens (including phenoxy) is 1. The predicted octanol–water partition coefficient (Wildman–Crippen LogP) is 3.03. The lowest BCUT2D eigenvalue weighted by Gasteiger charge is -2.38. The molecule has 1 aliphatic carbocycles. The first-order valence-corrected chi connectivity index (χ1v) is 13.8. The molecule has 11 heteroatoms. The second-order valence-electron chi connectivity index (χ2n) is 9.82. The molecule has 38 heavy (non-hydrogen) atoms. The summed E-state index contributed by atoms with van der Waals surface area (Å²) in [5.74, 6) is -0.808. The fourth-order valence-corrected chi connectivity index (χ4v) is 6.78. The SMILES string of the molecule is COC(=O)[C@@H]1CCCN1C(=O)c1cccc(NC2C(=O)C(=O)C2NC(c2ccc(C)o2)[C@H]2CCCS2)c1F. The van der Waals surface area contributed by atoms with Crippen LogP contribution in [0.5, 0.6) is 0 Å². The Morgan fingerprint density at radius 3 is 2.61 bits per heavy atom. The maximum absolute atomic E-state index is 15.6. The van der Waals surface area contributed by atoms with Gasteiger partial charge in [0.05, 0.1) is 24.4 Å². The Hall–Kier alpha value is -3.18. The fourth-order valence-electron chi connectivity index (χ4n) is 5.41. The van der Waals surface area contributed by atoms with Gasteiger partial charge >= 0.3 is 5.97 Å². The van der Waals surface area contributed by atoms with Crippen LogP contribution < -0.4 is 10.6 Å². The highest BCUT2D eigenvalue weighted by Gasteiger charge is 2.51. The maximum Gasteiger partial charge on any atom is 0.328 e. The highest BCUT2D eigenvalue weighted by molar-refractivity contribution is 8.00. The van der Waals surface area contributed by atoms with E-state index in [0.717, 1.165) is 24.4 Å². The van der Waals surface area contributed by atoms with E-state index in [9.17, 15) is 19.2 Å². The molecule has 0 radical (unpaired) electrons. The normalized spacial score (nSPS) is 25.8. The van der Waals surface area contributed by atoms with Gasteiger partial charge in [0.2, 0.25) is 11.6 Å². The Balaban J connectivity index is 1.35. The second kappa shape index (κ2) is 10.9. The number of benzene rings is 1. The first kappa shape index (κ1) is 26.4. The van der Waals surface area contributed by atoms with E-state index in [1.54, 1.807) is 11.8 Å². The summed E-state index contributed by atoms with van der Waals surface area (Å²) in [6.45, 7) is 2.15. The van der Waals surface area contributed by atoms with Gasteiger partial charge in [-0.05, 0) is 62.6 Å². The molecule has 3 unspecified atom stereocenters. The molecular weight excluding hydrogens is 513 g/mol. The average Bonchev–Trinajstić information content (AvgIpc) is 3.70. The fraction of sp³-hybridized carbons (Fsp3) is 0.481. The number of ketones is 2. The second-order valence-corrected chi connectivity index (χ2v) is 11.2. The summed E-state index contributed by atoms with van der Waals surface area (Å²) >= 11 is 1.79. The molecule has 3 heterocycles. The first-order valence-electron chi connectivity index (χ1n) is 12.8. The first-order chi connectivity index (χ1) is 18.3. The van der Waals surface area contributed by atoms with Gasteiger partial charge in [0.1, 0.15) is 29.6 Å². The van der Waals surface area contributed by atoms with Crippen molar-refractivity contribution in [3.63, 3.8) is 0 Å². The molecule has 2 N–H and O–H groups in total. The van der Waals surface area contributed by atoms with Crippen molar-refractivity contribution >= 4 is 40.9 Å². The third kappa shape index (κ3) is 4.84. The number of amides is 1. The van der Waals surface area contributed by atoms with E-state index < -0.39 is 47.4 Å². The number of Topliss-reactive ketones (excluding diaryl/α,β-unsaturated/α-hetero) is 2. The van der Waals surface area contributed by atoms with Crippen LogP contribution >= 0.6 is 11.8 Å². The van der Waals surface area contributed by atoms with Gasteiger partial charge in [0.15, 0.2) is 5.82 Å². The minimum absolute atomic E-state index is 0.0667. The number of furan rings is 1. The topological polar surface area (TPSA) is 118 Å². The van der Waals surface area contributed by atoms with Gasteiger partial charge in [-0.1, -0.05) is 6.07 Å². The minimum atomic E-state index is -0.998. The number of hydrogen-bond acceptors (Lipinski definition) is 9. The Labute approximate surface area is 223 Å². The van der Waals surface area contributed by atoms with E-state index in [1.807, 2.05) is 19.1 Å². The number of carbonyl (C=O) groups excluding carboxylic acids is 4. The van der Waals surface area contributed by atoms with Gasteiger partial charge in [-0.3, -0.25) is 19.7 Å². The van der Waals surface area contributed by atoms with Gasteiger partial charge in [-0.15, -0.1) is 0 Å². The van der Waals surface area contributed by atoms with Crippen molar-refractivity contribution in [3.8, 4) is 0 Å². The molecule has 5 rings (SSSR count). The van der Waals surface area contributed by atoms with Crippen molar-refractivity contribution in [1.82, 2.24) is 10.2 Å². The summed E-state index contributed by atoms with van der Waals surface area (Å²) in [6.07, 6.45) is 3.04. The van der Waals surface area contributed by atoms with Crippen LogP contribution in [0.15, 0.2) is 34.7 Å². The van der Waals surface area contributed by atoms with E-state index >= 15 is 4.39 Å². The van der Waals surface area contributed by atoms with Crippen LogP contribution in [0.1, 0.15) is 53.6 Å². The minimum Gasteiger partial charge on any atom is -0.467 e. The number of nitrogens with one attached hydrogen (secondary N) is 2. The lowest BCUT2D eigenvalue weighted by molar-refractivity contribution is -0.145. The van der Waals surface area contributed by atoms with Crippen LogP contribution in [0.2, 0.25) is 0 Å². The molecule has 1 saturated carbocycles. The quantitative estimate of drug-likeness (QED) is 0.383. The summed E-state index contributed by atoms with van der Waals surface area (Å²) in [4.78, 5) is 51.8. The van der Waals surface area contributed by atoms with Crippen molar-refractivity contribution in [1.29, 1.82) is 0 Å². The number of rotatable bonds is 8. The molecule has 1 amide bonds. The Morgan fingerprint density at radius 1 is 1.13 bits per heavy atom. The molecule has 0 bridgehead atoms. The molecule has 5 atom stereocenters. The van der Waals surface area contributed by atoms with Crippen LogP contribution in [0, 0.1) is 12.7 Å². The number of aryl methyl sites for hydroxylation is 1. The molecule has 2 aliphatic heterocycles. The van der Waals surface area contributed by atoms with Crippen molar-refractivity contribution in [2.24, 2.45) is 0 Å². The highest BCUT2D eigenvalue weighted by Crippen LogP contribution is 2.38. The van der Waals surface area contributed by atoms with Crippen LogP contribution in [-0.2, 0) is 19.1 Å². The summed E-state index contributed by atoms with van der Waals surface area (Å²) in [5.41, 5.74) is -0.289. The summed E-state index contributed by atoms with van der Waals surface area (Å²) < 4.78 is 26.2. The van der Waals surface area contributed by atoms with Crippen LogP contribution in [0.3, 0.4) is 0 Å². The number of nitrogens with zero attached hydrogens (tertiary/aromatic N) is 1. The van der Waals surface area contributed by atoms with Gasteiger partial charge in [-0.2, -0.15) is 11.8 Å². The van der Waals surface area contributed by atoms with Crippen LogP contribution in [0.4, 0.5) is 10.1 Å². The maximum atomic E-state index is 15.6. The standard InChI is InChI=1S/C27H30FN3O6S/c1-14-10-11-18(37-14)21(19-9-5-13-38-19)30-23-22(24(32)25(23)33)29-16-7-3-6-15(20(16)28)26(34)31-12-4-8-17(31)27(35)36-2/h3,6-7,10-11,17,19,21-23,29-30H,4-5,8-9,12-13H2,1-2H3/t17-,19+,21?,22?,23?/m0/s1. The van der Waals surface area contributed by atoms with E-state index in [-0.39, 0.29) is 22.5 Å². The molecule has 9 nitrogen and oxygen atoms in total. The molecule has 1 aromatic heterocycles. The van der Waals surface area contributed by atoms with Crippen LogP contribution in [-0.4, -0.2) is 71.1 Å². The number of esters is 1. The molecule has 202 valence electrons. The van der Waals surface area contributed by atoms with Crippen LogP contribution in [0.25, 0.3) is 0 Å². The average molecular weight is 544 g/mol. The number of hydrogen-bond donors (Lipinski definition) is 2. The Kier molecular flexibility index (Phi) is 7.58. The van der Waals surface area contributed by atoms with Gasteiger partial charge in [-0.25, -0.2) is 9.18 Å².